The summed E-state index contributed by atoms with van der Waals surface area (Å²) < 4.78 is 10.0. The van der Waals surface area contributed by atoms with Crippen molar-refractivity contribution in [3.63, 3.8) is 0 Å². The number of amides is 1. The lowest BCUT2D eigenvalue weighted by molar-refractivity contribution is 0.194. The molecule has 0 aliphatic carbocycles. The number of thiocarbonyl (C=S) groups is 1. The second-order valence-electron chi connectivity index (χ2n) is 3.28. The second kappa shape index (κ2) is 6.07. The summed E-state index contributed by atoms with van der Waals surface area (Å²) in [6.45, 7) is 3.63. The maximum absolute atomic E-state index is 11.3. The van der Waals surface area contributed by atoms with Crippen molar-refractivity contribution in [3.05, 3.63) is 30.3 Å². The highest BCUT2D eigenvalue weighted by molar-refractivity contribution is 7.80. The smallest absolute Gasteiger partial charge is 0.420 e. The van der Waals surface area contributed by atoms with Crippen molar-refractivity contribution in [2.24, 2.45) is 0 Å². The van der Waals surface area contributed by atoms with E-state index in [1.165, 1.54) is 0 Å². The highest BCUT2D eigenvalue weighted by atomic mass is 32.1. The molecular weight excluding hydrogens is 226 g/mol. The minimum atomic E-state index is -0.656. The van der Waals surface area contributed by atoms with Crippen molar-refractivity contribution in [3.8, 4) is 5.75 Å². The van der Waals surface area contributed by atoms with E-state index in [0.717, 1.165) is 0 Å². The number of ether oxygens (including phenoxy) is 2. The molecule has 0 spiro atoms. The Morgan fingerprint density at radius 2 is 1.94 bits per heavy atom. The summed E-state index contributed by atoms with van der Waals surface area (Å²) in [6.07, 6.45) is -0.735. The van der Waals surface area contributed by atoms with Gasteiger partial charge in [-0.2, -0.15) is 0 Å². The molecule has 0 aliphatic heterocycles. The van der Waals surface area contributed by atoms with E-state index in [1.807, 2.05) is 19.9 Å². The normalized spacial score (nSPS) is 9.69. The van der Waals surface area contributed by atoms with Crippen LogP contribution in [0, 0.1) is 0 Å². The molecule has 0 saturated carbocycles. The van der Waals surface area contributed by atoms with Crippen molar-refractivity contribution >= 4 is 23.5 Å². The van der Waals surface area contributed by atoms with Gasteiger partial charge in [0.1, 0.15) is 5.75 Å². The summed E-state index contributed by atoms with van der Waals surface area (Å²) in [7, 11) is 0. The summed E-state index contributed by atoms with van der Waals surface area (Å²) in [5, 5.41) is 2.32. The van der Waals surface area contributed by atoms with E-state index in [2.05, 4.69) is 5.32 Å². The van der Waals surface area contributed by atoms with E-state index >= 15 is 0 Å². The molecule has 16 heavy (non-hydrogen) atoms. The molecule has 5 heteroatoms. The fourth-order valence-electron chi connectivity index (χ4n) is 0.948. The molecule has 4 nitrogen and oxygen atoms in total. The number of nitrogens with one attached hydrogen (secondary N) is 1. The third-order valence-corrected chi connectivity index (χ3v) is 1.70. The van der Waals surface area contributed by atoms with Crippen LogP contribution in [0.15, 0.2) is 30.3 Å². The van der Waals surface area contributed by atoms with Crippen molar-refractivity contribution in [1.82, 2.24) is 5.32 Å². The fourth-order valence-corrected chi connectivity index (χ4v) is 1.22. The molecule has 0 unspecified atom stereocenters. The molecule has 1 N–H and O–H groups in total. The molecule has 0 radical (unpaired) electrons. The van der Waals surface area contributed by atoms with Gasteiger partial charge >= 0.3 is 6.09 Å². The van der Waals surface area contributed by atoms with Crippen molar-refractivity contribution in [1.29, 1.82) is 0 Å². The lowest BCUT2D eigenvalue weighted by Gasteiger charge is -2.11. The van der Waals surface area contributed by atoms with Crippen LogP contribution in [0.2, 0.25) is 0 Å². The third kappa shape index (κ3) is 4.75. The predicted octanol–water partition coefficient (Wildman–Crippen LogP) is 2.48. The molecule has 0 atom stereocenters. The SMILES string of the molecule is CC(C)OC(=S)NC(=O)Oc1ccccc1. The quantitative estimate of drug-likeness (QED) is 0.805. The van der Waals surface area contributed by atoms with Gasteiger partial charge in [-0.3, -0.25) is 5.32 Å². The van der Waals surface area contributed by atoms with Crippen LogP contribution in [0.1, 0.15) is 13.8 Å². The van der Waals surface area contributed by atoms with Gasteiger partial charge in [-0.25, -0.2) is 4.79 Å². The summed E-state index contributed by atoms with van der Waals surface area (Å²) in [4.78, 5) is 11.3. The molecule has 1 aromatic rings. The number of hydrogen-bond donors (Lipinski definition) is 1. The van der Waals surface area contributed by atoms with Crippen LogP contribution in [0.4, 0.5) is 4.79 Å². The third-order valence-electron chi connectivity index (χ3n) is 1.50. The van der Waals surface area contributed by atoms with E-state index in [1.54, 1.807) is 24.3 Å². The van der Waals surface area contributed by atoms with E-state index in [9.17, 15) is 4.79 Å². The summed E-state index contributed by atoms with van der Waals surface area (Å²) in [5.74, 6) is 0.451. The number of rotatable bonds is 2. The Balaban J connectivity index is 2.39. The van der Waals surface area contributed by atoms with E-state index in [0.29, 0.717) is 5.75 Å². The largest absolute Gasteiger partial charge is 0.468 e. The Morgan fingerprint density at radius 1 is 1.31 bits per heavy atom. The van der Waals surface area contributed by atoms with Gasteiger partial charge in [0.2, 0.25) is 0 Å². The van der Waals surface area contributed by atoms with Gasteiger partial charge in [-0.05, 0) is 38.2 Å². The van der Waals surface area contributed by atoms with Crippen LogP contribution in [-0.2, 0) is 4.74 Å². The first-order valence-electron chi connectivity index (χ1n) is 4.82. The fraction of sp³-hybridized carbons (Fsp3) is 0.273. The highest BCUT2D eigenvalue weighted by Crippen LogP contribution is 2.08. The first kappa shape index (κ1) is 12.4. The first-order valence-corrected chi connectivity index (χ1v) is 5.23. The standard InChI is InChI=1S/C11H13NO3S/c1-8(2)14-11(16)12-10(13)15-9-6-4-3-5-7-9/h3-8H,1-2H3,(H,12,13,16). The van der Waals surface area contributed by atoms with Gasteiger partial charge in [0, 0.05) is 0 Å². The Morgan fingerprint density at radius 3 is 2.50 bits per heavy atom. The number of carbonyl (C=O) groups is 1. The van der Waals surface area contributed by atoms with Crippen molar-refractivity contribution < 1.29 is 14.3 Å². The molecule has 0 saturated heterocycles. The monoisotopic (exact) mass is 239 g/mol. The molecule has 0 heterocycles. The van der Waals surface area contributed by atoms with E-state index in [-0.39, 0.29) is 11.3 Å². The van der Waals surface area contributed by atoms with Crippen LogP contribution in [0.5, 0.6) is 5.75 Å². The lowest BCUT2D eigenvalue weighted by Crippen LogP contribution is -2.34. The first-order chi connectivity index (χ1) is 7.58. The number of hydrogen-bond acceptors (Lipinski definition) is 4. The Labute approximate surface area is 99.6 Å². The van der Waals surface area contributed by atoms with E-state index in [4.69, 9.17) is 21.7 Å². The topological polar surface area (TPSA) is 47.6 Å². The second-order valence-corrected chi connectivity index (χ2v) is 3.65. The Kier molecular flexibility index (Phi) is 4.72. The summed E-state index contributed by atoms with van der Waals surface area (Å²) in [6, 6.07) is 8.71. The van der Waals surface area contributed by atoms with Gasteiger partial charge in [-0.1, -0.05) is 18.2 Å². The van der Waals surface area contributed by atoms with Gasteiger partial charge in [-0.15, -0.1) is 0 Å². The number of benzene rings is 1. The van der Waals surface area contributed by atoms with Crippen LogP contribution >= 0.6 is 12.2 Å². The van der Waals surface area contributed by atoms with Gasteiger partial charge in [0.25, 0.3) is 5.17 Å². The zero-order valence-corrected chi connectivity index (χ0v) is 9.91. The molecule has 0 aliphatic rings. The maximum atomic E-state index is 11.3. The average molecular weight is 239 g/mol. The van der Waals surface area contributed by atoms with Gasteiger partial charge in [0.15, 0.2) is 0 Å². The van der Waals surface area contributed by atoms with Crippen LogP contribution in [0.3, 0.4) is 0 Å². The minimum absolute atomic E-state index is 0.0101. The highest BCUT2D eigenvalue weighted by Gasteiger charge is 2.08. The number of carbonyl (C=O) groups excluding carboxylic acids is 1. The average Bonchev–Trinajstić information content (AvgIpc) is 2.17. The van der Waals surface area contributed by atoms with Crippen LogP contribution in [0.25, 0.3) is 0 Å². The van der Waals surface area contributed by atoms with E-state index < -0.39 is 6.09 Å². The van der Waals surface area contributed by atoms with Gasteiger partial charge in [0.05, 0.1) is 6.10 Å². The Bertz CT molecular complexity index is 365. The van der Waals surface area contributed by atoms with Crippen LogP contribution in [-0.4, -0.2) is 17.4 Å². The predicted molar refractivity (Wildman–Crippen MR) is 64.4 cm³/mol. The maximum Gasteiger partial charge on any atom is 0.420 e. The summed E-state index contributed by atoms with van der Waals surface area (Å²) >= 11 is 4.79. The molecule has 0 fully saturated rings. The lowest BCUT2D eigenvalue weighted by atomic mass is 10.3. The zero-order chi connectivity index (χ0) is 12.0. The van der Waals surface area contributed by atoms with Gasteiger partial charge < -0.3 is 9.47 Å². The minimum Gasteiger partial charge on any atom is -0.468 e. The van der Waals surface area contributed by atoms with Crippen molar-refractivity contribution in [2.75, 3.05) is 0 Å². The molecule has 1 amide bonds. The van der Waals surface area contributed by atoms with Crippen LogP contribution < -0.4 is 10.1 Å². The number of para-hydroxylation sites is 1. The molecule has 86 valence electrons. The molecular formula is C11H13NO3S. The summed E-state index contributed by atoms with van der Waals surface area (Å²) in [5.41, 5.74) is 0. The molecule has 1 aromatic carbocycles. The zero-order valence-electron chi connectivity index (χ0n) is 9.10. The van der Waals surface area contributed by atoms with Crippen molar-refractivity contribution in [2.45, 2.75) is 20.0 Å². The molecule has 0 aromatic heterocycles. The molecule has 1 rings (SSSR count). The Hall–Kier alpha value is -1.62. The molecule has 0 bridgehead atoms.